The van der Waals surface area contributed by atoms with Gasteiger partial charge in [0.25, 0.3) is 0 Å². The minimum atomic E-state index is -0.207. The fourth-order valence-electron chi connectivity index (χ4n) is 1.82. The summed E-state index contributed by atoms with van der Waals surface area (Å²) in [4.78, 5) is 11.8. The molecule has 1 rings (SSSR count). The van der Waals surface area contributed by atoms with Gasteiger partial charge in [-0.05, 0) is 37.3 Å². The molecule has 0 aliphatic carbocycles. The Hall–Kier alpha value is -1.83. The Labute approximate surface area is 122 Å². The lowest BCUT2D eigenvalue weighted by atomic mass is 10.1. The quantitative estimate of drug-likeness (QED) is 0.409. The number of esters is 1. The number of hydrogen-bond donors (Lipinski definition) is 0. The Kier molecular flexibility index (Phi) is 7.41. The molecule has 2 nitrogen and oxygen atoms in total. The van der Waals surface area contributed by atoms with Gasteiger partial charge in [0.1, 0.15) is 5.76 Å². The molecule has 0 radical (unpaired) electrons. The fraction of sp³-hybridized carbons (Fsp3) is 0.389. The summed E-state index contributed by atoms with van der Waals surface area (Å²) >= 11 is 0. The van der Waals surface area contributed by atoms with Crippen LogP contribution >= 0.6 is 0 Å². The second-order valence-electron chi connectivity index (χ2n) is 5.00. The predicted octanol–water partition coefficient (Wildman–Crippen LogP) is 4.67. The molecule has 0 amide bonds. The van der Waals surface area contributed by atoms with Crippen molar-refractivity contribution in [2.75, 3.05) is 0 Å². The third-order valence-electron chi connectivity index (χ3n) is 2.94. The summed E-state index contributed by atoms with van der Waals surface area (Å²) in [6, 6.07) is 9.64. The van der Waals surface area contributed by atoms with Gasteiger partial charge >= 0.3 is 5.97 Å². The van der Waals surface area contributed by atoms with E-state index in [9.17, 15) is 4.79 Å². The molecule has 0 saturated heterocycles. The first-order valence-electron chi connectivity index (χ1n) is 7.19. The number of hydrogen-bond acceptors (Lipinski definition) is 2. The van der Waals surface area contributed by atoms with Crippen LogP contribution in [-0.2, 0) is 16.0 Å². The van der Waals surface area contributed by atoms with Crippen LogP contribution in [0.4, 0.5) is 0 Å². The van der Waals surface area contributed by atoms with Crippen molar-refractivity contribution in [3.05, 3.63) is 59.9 Å². The summed E-state index contributed by atoms with van der Waals surface area (Å²) in [5.74, 6) is 0.946. The Bertz CT molecular complexity index is 458. The van der Waals surface area contributed by atoms with Gasteiger partial charge in [0, 0.05) is 0 Å². The van der Waals surface area contributed by atoms with Gasteiger partial charge in [-0.15, -0.1) is 0 Å². The van der Waals surface area contributed by atoms with Crippen LogP contribution in [0.1, 0.15) is 39.2 Å². The highest BCUT2D eigenvalue weighted by atomic mass is 16.5. The largest absolute Gasteiger partial charge is 0.431 e. The summed E-state index contributed by atoms with van der Waals surface area (Å²) in [7, 11) is 0. The average Bonchev–Trinajstić information content (AvgIpc) is 2.43. The molecule has 108 valence electrons. The highest BCUT2D eigenvalue weighted by molar-refractivity contribution is 5.73. The average molecular weight is 272 g/mol. The van der Waals surface area contributed by atoms with Gasteiger partial charge < -0.3 is 4.74 Å². The monoisotopic (exact) mass is 272 g/mol. The minimum Gasteiger partial charge on any atom is -0.431 e. The normalized spacial score (nSPS) is 13.4. The van der Waals surface area contributed by atoms with Gasteiger partial charge in [0.15, 0.2) is 0 Å². The van der Waals surface area contributed by atoms with Crippen LogP contribution < -0.4 is 0 Å². The second kappa shape index (κ2) is 9.13. The summed E-state index contributed by atoms with van der Waals surface area (Å²) in [6.07, 6.45) is 8.59. The molecule has 0 aliphatic rings. The van der Waals surface area contributed by atoms with Gasteiger partial charge in [-0.2, -0.15) is 0 Å². The molecule has 2 heteroatoms. The predicted molar refractivity (Wildman–Crippen MR) is 83.2 cm³/mol. The van der Waals surface area contributed by atoms with Crippen molar-refractivity contribution in [3.8, 4) is 0 Å². The van der Waals surface area contributed by atoms with E-state index in [1.165, 1.54) is 0 Å². The van der Waals surface area contributed by atoms with Crippen LogP contribution in [0.25, 0.3) is 0 Å². The number of benzene rings is 1. The Morgan fingerprint density at radius 3 is 2.65 bits per heavy atom. The number of carbonyl (C=O) groups is 1. The lowest BCUT2D eigenvalue weighted by molar-refractivity contribution is -0.138. The fourth-order valence-corrected chi connectivity index (χ4v) is 1.82. The van der Waals surface area contributed by atoms with Gasteiger partial charge in [-0.25, -0.2) is 0 Å². The van der Waals surface area contributed by atoms with Crippen molar-refractivity contribution in [3.63, 3.8) is 0 Å². The summed E-state index contributed by atoms with van der Waals surface area (Å²) in [5.41, 5.74) is 0.976. The molecule has 1 aromatic rings. The second-order valence-corrected chi connectivity index (χ2v) is 5.00. The van der Waals surface area contributed by atoms with Gasteiger partial charge in [-0.3, -0.25) is 4.79 Å². The van der Waals surface area contributed by atoms with Crippen LogP contribution in [0.15, 0.2) is 54.3 Å². The van der Waals surface area contributed by atoms with Crippen molar-refractivity contribution < 1.29 is 9.53 Å². The van der Waals surface area contributed by atoms with E-state index in [1.807, 2.05) is 43.3 Å². The number of carbonyl (C=O) groups excluding carboxylic acids is 1. The maximum atomic E-state index is 11.8. The zero-order valence-electron chi connectivity index (χ0n) is 12.6. The first kappa shape index (κ1) is 16.2. The number of allylic oxidation sites excluding steroid dienone is 4. The third-order valence-corrected chi connectivity index (χ3v) is 2.94. The van der Waals surface area contributed by atoms with E-state index < -0.39 is 0 Å². The van der Waals surface area contributed by atoms with Crippen molar-refractivity contribution in [2.24, 2.45) is 5.92 Å². The van der Waals surface area contributed by atoms with Crippen molar-refractivity contribution in [2.45, 2.75) is 40.0 Å². The molecule has 0 fully saturated rings. The van der Waals surface area contributed by atoms with Crippen molar-refractivity contribution in [1.29, 1.82) is 0 Å². The van der Waals surface area contributed by atoms with Crippen molar-refractivity contribution in [1.82, 2.24) is 0 Å². The highest BCUT2D eigenvalue weighted by Gasteiger charge is 2.05. The molecule has 0 N–H and O–H groups in total. The van der Waals surface area contributed by atoms with Crippen LogP contribution in [0.5, 0.6) is 0 Å². The molecule has 1 aromatic carbocycles. The maximum Gasteiger partial charge on any atom is 0.315 e. The first-order valence-corrected chi connectivity index (χ1v) is 7.19. The SMILES string of the molecule is CC/C=C/C(C)C/C=C(\C)OC(=O)Cc1ccccc1. The standard InChI is InChI=1S/C18H24O2/c1-4-5-9-15(2)12-13-16(3)20-18(19)14-17-10-7-6-8-11-17/h5-11,13,15H,4,12,14H2,1-3H3/b9-5+,16-13+. The zero-order chi connectivity index (χ0) is 14.8. The maximum absolute atomic E-state index is 11.8. The van der Waals surface area contributed by atoms with E-state index in [4.69, 9.17) is 4.74 Å². The molecule has 1 atom stereocenters. The van der Waals surface area contributed by atoms with Crippen LogP contribution in [-0.4, -0.2) is 5.97 Å². The molecule has 20 heavy (non-hydrogen) atoms. The topological polar surface area (TPSA) is 26.3 Å². The number of rotatable bonds is 7. The molecule has 0 spiro atoms. The first-order chi connectivity index (χ1) is 9.61. The smallest absolute Gasteiger partial charge is 0.315 e. The van der Waals surface area contributed by atoms with E-state index in [2.05, 4.69) is 26.0 Å². The highest BCUT2D eigenvalue weighted by Crippen LogP contribution is 2.10. The minimum absolute atomic E-state index is 0.207. The van der Waals surface area contributed by atoms with E-state index >= 15 is 0 Å². The van der Waals surface area contributed by atoms with E-state index in [1.54, 1.807) is 0 Å². The molecular weight excluding hydrogens is 248 g/mol. The lowest BCUT2D eigenvalue weighted by Crippen LogP contribution is -2.06. The zero-order valence-corrected chi connectivity index (χ0v) is 12.6. The van der Waals surface area contributed by atoms with Crippen LogP contribution in [0, 0.1) is 5.92 Å². The van der Waals surface area contributed by atoms with E-state index in [0.29, 0.717) is 18.1 Å². The molecule has 1 unspecified atom stereocenters. The van der Waals surface area contributed by atoms with Crippen molar-refractivity contribution >= 4 is 5.97 Å². The van der Waals surface area contributed by atoms with E-state index in [0.717, 1.165) is 18.4 Å². The van der Waals surface area contributed by atoms with Gasteiger partial charge in [0.2, 0.25) is 0 Å². The third kappa shape index (κ3) is 6.93. The lowest BCUT2D eigenvalue weighted by Gasteiger charge is -2.06. The Balaban J connectivity index is 2.39. The van der Waals surface area contributed by atoms with Crippen LogP contribution in [0.3, 0.4) is 0 Å². The molecule has 0 bridgehead atoms. The number of ether oxygens (including phenoxy) is 1. The molecule has 0 aromatic heterocycles. The molecular formula is C18H24O2. The van der Waals surface area contributed by atoms with Crippen LogP contribution in [0.2, 0.25) is 0 Å². The Morgan fingerprint density at radius 1 is 1.30 bits per heavy atom. The summed E-state index contributed by atoms with van der Waals surface area (Å²) in [5, 5.41) is 0. The summed E-state index contributed by atoms with van der Waals surface area (Å²) < 4.78 is 5.31. The molecule has 0 saturated carbocycles. The summed E-state index contributed by atoms with van der Waals surface area (Å²) in [6.45, 7) is 6.11. The Morgan fingerprint density at radius 2 is 2.00 bits per heavy atom. The molecule has 0 heterocycles. The van der Waals surface area contributed by atoms with Gasteiger partial charge in [0.05, 0.1) is 6.42 Å². The van der Waals surface area contributed by atoms with E-state index in [-0.39, 0.29) is 5.97 Å². The van der Waals surface area contributed by atoms with Gasteiger partial charge in [-0.1, -0.05) is 56.3 Å². The molecule has 0 aliphatic heterocycles.